The van der Waals surface area contributed by atoms with Crippen molar-refractivity contribution in [3.8, 4) is 0 Å². The Balaban J connectivity index is 1.77. The zero-order valence-corrected chi connectivity index (χ0v) is 14.7. The summed E-state index contributed by atoms with van der Waals surface area (Å²) >= 11 is 0. The predicted molar refractivity (Wildman–Crippen MR) is 99.8 cm³/mol. The van der Waals surface area contributed by atoms with E-state index in [1.165, 1.54) is 11.1 Å². The van der Waals surface area contributed by atoms with Gasteiger partial charge in [-0.15, -0.1) is 0 Å². The first-order valence-electron chi connectivity index (χ1n) is 8.97. The first kappa shape index (κ1) is 17.3. The minimum absolute atomic E-state index is 0.179. The fourth-order valence-corrected chi connectivity index (χ4v) is 3.33. The normalized spacial score (nSPS) is 17.1. The molecular weight excluding hydrogens is 310 g/mol. The van der Waals surface area contributed by atoms with E-state index in [0.29, 0.717) is 6.61 Å². The van der Waals surface area contributed by atoms with Gasteiger partial charge < -0.3 is 9.64 Å². The smallest absolute Gasteiger partial charge is 0.335 e. The second kappa shape index (κ2) is 8.52. The first-order valence-corrected chi connectivity index (χ1v) is 8.97. The molecule has 1 unspecified atom stereocenters. The van der Waals surface area contributed by atoms with E-state index >= 15 is 0 Å². The van der Waals surface area contributed by atoms with E-state index in [0.717, 1.165) is 31.5 Å². The molecule has 0 bridgehead atoms. The SMILES string of the molecule is CCOC(=O)C1=CN(Cc2ccccc2)CCC1Cc1ccccc1. The molecule has 0 saturated heterocycles. The third kappa shape index (κ3) is 4.72. The van der Waals surface area contributed by atoms with Crippen LogP contribution in [0.1, 0.15) is 24.5 Å². The van der Waals surface area contributed by atoms with Gasteiger partial charge in [0.2, 0.25) is 0 Å². The third-order valence-electron chi connectivity index (χ3n) is 4.59. The van der Waals surface area contributed by atoms with Gasteiger partial charge in [0.15, 0.2) is 0 Å². The van der Waals surface area contributed by atoms with Gasteiger partial charge in [0, 0.05) is 19.3 Å². The lowest BCUT2D eigenvalue weighted by Gasteiger charge is -2.31. The topological polar surface area (TPSA) is 29.5 Å². The summed E-state index contributed by atoms with van der Waals surface area (Å²) in [6.07, 6.45) is 3.86. The molecule has 0 amide bonds. The summed E-state index contributed by atoms with van der Waals surface area (Å²) in [5.41, 5.74) is 3.32. The maximum Gasteiger partial charge on any atom is 0.335 e. The molecule has 1 aliphatic rings. The highest BCUT2D eigenvalue weighted by atomic mass is 16.5. The van der Waals surface area contributed by atoms with E-state index in [-0.39, 0.29) is 11.9 Å². The van der Waals surface area contributed by atoms with Gasteiger partial charge in [-0.05, 0) is 36.8 Å². The molecule has 0 aromatic heterocycles. The van der Waals surface area contributed by atoms with Crippen molar-refractivity contribution in [2.75, 3.05) is 13.2 Å². The number of nitrogens with zero attached hydrogens (tertiary/aromatic N) is 1. The van der Waals surface area contributed by atoms with Crippen LogP contribution in [0.25, 0.3) is 0 Å². The summed E-state index contributed by atoms with van der Waals surface area (Å²) in [7, 11) is 0. The van der Waals surface area contributed by atoms with Gasteiger partial charge in [-0.1, -0.05) is 60.7 Å². The molecule has 3 nitrogen and oxygen atoms in total. The maximum atomic E-state index is 12.5. The van der Waals surface area contributed by atoms with Crippen LogP contribution in [0.4, 0.5) is 0 Å². The Kier molecular flexibility index (Phi) is 5.89. The molecule has 0 fully saturated rings. The lowest BCUT2D eigenvalue weighted by Crippen LogP contribution is -2.31. The minimum Gasteiger partial charge on any atom is -0.463 e. The quantitative estimate of drug-likeness (QED) is 0.741. The second-order valence-corrected chi connectivity index (χ2v) is 6.44. The fourth-order valence-electron chi connectivity index (χ4n) is 3.33. The molecule has 130 valence electrons. The largest absolute Gasteiger partial charge is 0.463 e. The Bertz CT molecular complexity index is 709. The third-order valence-corrected chi connectivity index (χ3v) is 4.59. The summed E-state index contributed by atoms with van der Waals surface area (Å²) in [6.45, 7) is 4.04. The molecule has 0 aliphatic carbocycles. The molecule has 2 aromatic rings. The monoisotopic (exact) mass is 335 g/mol. The van der Waals surface area contributed by atoms with Gasteiger partial charge in [0.25, 0.3) is 0 Å². The number of hydrogen-bond acceptors (Lipinski definition) is 3. The van der Waals surface area contributed by atoms with Crippen LogP contribution in [0.15, 0.2) is 72.4 Å². The lowest BCUT2D eigenvalue weighted by atomic mass is 9.87. The second-order valence-electron chi connectivity index (χ2n) is 6.44. The van der Waals surface area contributed by atoms with E-state index in [4.69, 9.17) is 4.74 Å². The average molecular weight is 335 g/mol. The molecule has 0 radical (unpaired) electrons. The van der Waals surface area contributed by atoms with E-state index in [1.807, 2.05) is 49.5 Å². The van der Waals surface area contributed by atoms with Gasteiger partial charge in [-0.3, -0.25) is 0 Å². The molecule has 2 aromatic carbocycles. The lowest BCUT2D eigenvalue weighted by molar-refractivity contribution is -0.139. The van der Waals surface area contributed by atoms with Crippen LogP contribution >= 0.6 is 0 Å². The number of carbonyl (C=O) groups excluding carboxylic acids is 1. The molecule has 0 spiro atoms. The highest BCUT2D eigenvalue weighted by Gasteiger charge is 2.27. The van der Waals surface area contributed by atoms with Crippen molar-refractivity contribution in [1.29, 1.82) is 0 Å². The van der Waals surface area contributed by atoms with Crippen LogP contribution in [0.3, 0.4) is 0 Å². The van der Waals surface area contributed by atoms with Gasteiger partial charge in [0.1, 0.15) is 0 Å². The van der Waals surface area contributed by atoms with E-state index in [2.05, 4.69) is 29.2 Å². The van der Waals surface area contributed by atoms with Gasteiger partial charge in [0.05, 0.1) is 12.2 Å². The van der Waals surface area contributed by atoms with Crippen LogP contribution < -0.4 is 0 Å². The van der Waals surface area contributed by atoms with Crippen LogP contribution in [0.5, 0.6) is 0 Å². The van der Waals surface area contributed by atoms with Crippen LogP contribution in [-0.4, -0.2) is 24.0 Å². The number of hydrogen-bond donors (Lipinski definition) is 0. The number of benzene rings is 2. The van der Waals surface area contributed by atoms with E-state index < -0.39 is 0 Å². The van der Waals surface area contributed by atoms with Gasteiger partial charge in [-0.25, -0.2) is 4.79 Å². The zero-order chi connectivity index (χ0) is 17.5. The summed E-state index contributed by atoms with van der Waals surface area (Å²) in [6, 6.07) is 20.7. The van der Waals surface area contributed by atoms with Crippen LogP contribution in [0.2, 0.25) is 0 Å². The Morgan fingerprint density at radius 1 is 1.04 bits per heavy atom. The standard InChI is InChI=1S/C22H25NO2/c1-2-25-22(24)21-17-23(16-19-11-7-4-8-12-19)14-13-20(21)15-18-9-5-3-6-10-18/h3-12,17,20H,2,13-16H2,1H3. The average Bonchev–Trinajstić information content (AvgIpc) is 2.65. The predicted octanol–water partition coefficient (Wildman–Crippen LogP) is 4.20. The van der Waals surface area contributed by atoms with Crippen molar-refractivity contribution in [3.63, 3.8) is 0 Å². The van der Waals surface area contributed by atoms with Crippen molar-refractivity contribution in [2.24, 2.45) is 5.92 Å². The van der Waals surface area contributed by atoms with E-state index in [9.17, 15) is 4.79 Å². The maximum absolute atomic E-state index is 12.5. The minimum atomic E-state index is -0.179. The Hall–Kier alpha value is -2.55. The van der Waals surface area contributed by atoms with Crippen molar-refractivity contribution in [2.45, 2.75) is 26.3 Å². The number of esters is 1. The van der Waals surface area contributed by atoms with E-state index in [1.54, 1.807) is 0 Å². The summed E-state index contributed by atoms with van der Waals surface area (Å²) in [5, 5.41) is 0. The summed E-state index contributed by atoms with van der Waals surface area (Å²) in [5.74, 6) is 0.0367. The zero-order valence-electron chi connectivity index (χ0n) is 14.7. The van der Waals surface area contributed by atoms with Crippen LogP contribution in [-0.2, 0) is 22.5 Å². The van der Waals surface area contributed by atoms with Crippen molar-refractivity contribution < 1.29 is 9.53 Å². The van der Waals surface area contributed by atoms with Crippen molar-refractivity contribution in [3.05, 3.63) is 83.6 Å². The summed E-state index contributed by atoms with van der Waals surface area (Å²) in [4.78, 5) is 14.7. The number of ether oxygens (including phenoxy) is 1. The summed E-state index contributed by atoms with van der Waals surface area (Å²) < 4.78 is 5.31. The van der Waals surface area contributed by atoms with Crippen LogP contribution in [0, 0.1) is 5.92 Å². The molecule has 0 saturated carbocycles. The molecule has 1 aliphatic heterocycles. The number of rotatable bonds is 6. The first-order chi connectivity index (χ1) is 12.3. The fraction of sp³-hybridized carbons (Fsp3) is 0.318. The number of carbonyl (C=O) groups is 1. The molecule has 1 heterocycles. The highest BCUT2D eigenvalue weighted by Crippen LogP contribution is 2.28. The van der Waals surface area contributed by atoms with Gasteiger partial charge in [-0.2, -0.15) is 0 Å². The van der Waals surface area contributed by atoms with Crippen molar-refractivity contribution in [1.82, 2.24) is 4.90 Å². The van der Waals surface area contributed by atoms with Gasteiger partial charge >= 0.3 is 5.97 Å². The van der Waals surface area contributed by atoms with Crippen molar-refractivity contribution >= 4 is 5.97 Å². The Morgan fingerprint density at radius 2 is 1.68 bits per heavy atom. The molecule has 1 atom stereocenters. The highest BCUT2D eigenvalue weighted by molar-refractivity contribution is 5.89. The molecule has 3 rings (SSSR count). The Labute approximate surface area is 149 Å². The molecule has 3 heteroatoms. The Morgan fingerprint density at radius 3 is 2.32 bits per heavy atom. The molecule has 25 heavy (non-hydrogen) atoms. The molecular formula is C22H25NO2. The molecule has 0 N–H and O–H groups in total.